The van der Waals surface area contributed by atoms with Gasteiger partial charge in [-0.3, -0.25) is 0 Å². The molecule has 18 heavy (non-hydrogen) atoms. The van der Waals surface area contributed by atoms with E-state index in [4.69, 9.17) is 22.1 Å². The maximum absolute atomic E-state index is 6.23. The van der Waals surface area contributed by atoms with Gasteiger partial charge in [0.05, 0.1) is 13.2 Å². The minimum atomic E-state index is -0.203. The van der Waals surface area contributed by atoms with Crippen LogP contribution in [0.25, 0.3) is 0 Å². The Morgan fingerprint density at radius 3 is 2.33 bits per heavy atom. The van der Waals surface area contributed by atoms with Gasteiger partial charge in [0.2, 0.25) is 0 Å². The molecule has 2 aromatic rings. The van der Waals surface area contributed by atoms with Crippen LogP contribution < -0.4 is 10.5 Å². The fourth-order valence-electron chi connectivity index (χ4n) is 1.76. The number of nitrogens with two attached hydrogens (primary N) is 1. The van der Waals surface area contributed by atoms with Crippen molar-refractivity contribution in [2.45, 2.75) is 6.04 Å². The summed E-state index contributed by atoms with van der Waals surface area (Å²) < 4.78 is 6.05. The SMILES string of the molecule is COc1ccc(C(N)c2cc(Cl)cc(Br)c2)cc1. The molecule has 1 atom stereocenters. The lowest BCUT2D eigenvalue weighted by Crippen LogP contribution is -2.11. The molecule has 0 aliphatic carbocycles. The Labute approximate surface area is 120 Å². The normalized spacial score (nSPS) is 12.2. The minimum absolute atomic E-state index is 0.203. The summed E-state index contributed by atoms with van der Waals surface area (Å²) in [7, 11) is 1.64. The summed E-state index contributed by atoms with van der Waals surface area (Å²) in [6.07, 6.45) is 0. The van der Waals surface area contributed by atoms with Crippen LogP contribution in [0.15, 0.2) is 46.9 Å². The summed E-state index contributed by atoms with van der Waals surface area (Å²) in [5, 5.41) is 0.670. The van der Waals surface area contributed by atoms with Crippen molar-refractivity contribution in [1.82, 2.24) is 0 Å². The molecule has 0 saturated carbocycles. The highest BCUT2D eigenvalue weighted by Gasteiger charge is 2.10. The van der Waals surface area contributed by atoms with Gasteiger partial charge in [-0.1, -0.05) is 39.7 Å². The zero-order valence-electron chi connectivity index (χ0n) is 9.86. The van der Waals surface area contributed by atoms with Gasteiger partial charge in [0.25, 0.3) is 0 Å². The van der Waals surface area contributed by atoms with Crippen molar-refractivity contribution in [3.05, 3.63) is 63.1 Å². The Kier molecular flexibility index (Phi) is 4.27. The third kappa shape index (κ3) is 3.05. The highest BCUT2D eigenvalue weighted by Crippen LogP contribution is 2.27. The van der Waals surface area contributed by atoms with Gasteiger partial charge < -0.3 is 10.5 Å². The topological polar surface area (TPSA) is 35.2 Å². The Morgan fingerprint density at radius 2 is 1.78 bits per heavy atom. The van der Waals surface area contributed by atoms with Gasteiger partial charge in [0.1, 0.15) is 5.75 Å². The van der Waals surface area contributed by atoms with Crippen molar-refractivity contribution in [2.75, 3.05) is 7.11 Å². The predicted molar refractivity (Wildman–Crippen MR) is 78.2 cm³/mol. The molecule has 0 saturated heterocycles. The van der Waals surface area contributed by atoms with Gasteiger partial charge >= 0.3 is 0 Å². The van der Waals surface area contributed by atoms with Crippen LogP contribution in [0.1, 0.15) is 17.2 Å². The molecule has 0 radical (unpaired) electrons. The summed E-state index contributed by atoms with van der Waals surface area (Å²) >= 11 is 9.44. The Morgan fingerprint density at radius 1 is 1.11 bits per heavy atom. The summed E-state index contributed by atoms with van der Waals surface area (Å²) in [5.41, 5.74) is 8.22. The third-order valence-electron chi connectivity index (χ3n) is 2.72. The molecule has 0 aliphatic rings. The van der Waals surface area contributed by atoms with Gasteiger partial charge in [0.15, 0.2) is 0 Å². The molecule has 0 fully saturated rings. The number of hydrogen-bond donors (Lipinski definition) is 1. The van der Waals surface area contributed by atoms with Crippen molar-refractivity contribution in [1.29, 1.82) is 0 Å². The second kappa shape index (κ2) is 5.74. The maximum Gasteiger partial charge on any atom is 0.118 e. The monoisotopic (exact) mass is 325 g/mol. The number of benzene rings is 2. The van der Waals surface area contributed by atoms with E-state index < -0.39 is 0 Å². The second-order valence-corrected chi connectivity index (χ2v) is 5.31. The molecule has 0 aromatic heterocycles. The van der Waals surface area contributed by atoms with Crippen molar-refractivity contribution >= 4 is 27.5 Å². The van der Waals surface area contributed by atoms with Gasteiger partial charge in [-0.15, -0.1) is 0 Å². The van der Waals surface area contributed by atoms with Crippen molar-refractivity contribution in [3.63, 3.8) is 0 Å². The van der Waals surface area contributed by atoms with Crippen LogP contribution in [-0.4, -0.2) is 7.11 Å². The van der Waals surface area contributed by atoms with Crippen molar-refractivity contribution in [3.8, 4) is 5.75 Å². The molecule has 2 N–H and O–H groups in total. The number of ether oxygens (including phenoxy) is 1. The molecule has 1 unspecified atom stereocenters. The Hall–Kier alpha value is -1.03. The summed E-state index contributed by atoms with van der Waals surface area (Å²) in [4.78, 5) is 0. The van der Waals surface area contributed by atoms with E-state index in [9.17, 15) is 0 Å². The first-order valence-corrected chi connectivity index (χ1v) is 6.63. The Bertz CT molecular complexity index is 522. The molecular weight excluding hydrogens is 314 g/mol. The maximum atomic E-state index is 6.23. The molecule has 2 rings (SSSR count). The van der Waals surface area contributed by atoms with E-state index in [1.54, 1.807) is 7.11 Å². The molecule has 2 aromatic carbocycles. The van der Waals surface area contributed by atoms with E-state index in [0.717, 1.165) is 21.3 Å². The van der Waals surface area contributed by atoms with Crippen LogP contribution in [0, 0.1) is 0 Å². The number of hydrogen-bond acceptors (Lipinski definition) is 2. The largest absolute Gasteiger partial charge is 0.497 e. The molecule has 2 nitrogen and oxygen atoms in total. The van der Waals surface area contributed by atoms with Gasteiger partial charge in [-0.2, -0.15) is 0 Å². The molecule has 0 aliphatic heterocycles. The highest BCUT2D eigenvalue weighted by atomic mass is 79.9. The van der Waals surface area contributed by atoms with Crippen molar-refractivity contribution in [2.24, 2.45) is 5.73 Å². The van der Waals surface area contributed by atoms with Crippen LogP contribution in [0.4, 0.5) is 0 Å². The predicted octanol–water partition coefficient (Wildman–Crippen LogP) is 4.16. The number of methoxy groups -OCH3 is 1. The molecule has 0 spiro atoms. The number of halogens is 2. The minimum Gasteiger partial charge on any atom is -0.497 e. The van der Waals surface area contributed by atoms with Crippen LogP contribution in [0.3, 0.4) is 0 Å². The fraction of sp³-hybridized carbons (Fsp3) is 0.143. The highest BCUT2D eigenvalue weighted by molar-refractivity contribution is 9.10. The van der Waals surface area contributed by atoms with Gasteiger partial charge in [-0.25, -0.2) is 0 Å². The summed E-state index contributed by atoms with van der Waals surface area (Å²) in [6.45, 7) is 0. The smallest absolute Gasteiger partial charge is 0.118 e. The lowest BCUT2D eigenvalue weighted by atomic mass is 10.00. The quantitative estimate of drug-likeness (QED) is 0.919. The standard InChI is InChI=1S/C14H13BrClNO/c1-18-13-4-2-9(3-5-13)14(17)10-6-11(15)8-12(16)7-10/h2-8,14H,17H2,1H3. The first-order valence-electron chi connectivity index (χ1n) is 5.45. The van der Waals surface area contributed by atoms with E-state index >= 15 is 0 Å². The van der Waals surface area contributed by atoms with Crippen molar-refractivity contribution < 1.29 is 4.74 Å². The average molecular weight is 327 g/mol. The van der Waals surface area contributed by atoms with Crippen LogP contribution in [0.2, 0.25) is 5.02 Å². The van der Waals surface area contributed by atoms with Crippen LogP contribution in [-0.2, 0) is 0 Å². The Balaban J connectivity index is 2.31. The molecule has 0 amide bonds. The van der Waals surface area contributed by atoms with E-state index in [1.165, 1.54) is 0 Å². The lowest BCUT2D eigenvalue weighted by Gasteiger charge is -2.14. The lowest BCUT2D eigenvalue weighted by molar-refractivity contribution is 0.414. The van der Waals surface area contributed by atoms with E-state index in [-0.39, 0.29) is 6.04 Å². The first-order chi connectivity index (χ1) is 8.60. The van der Waals surface area contributed by atoms with E-state index in [1.807, 2.05) is 42.5 Å². The zero-order chi connectivity index (χ0) is 13.1. The summed E-state index contributed by atoms with van der Waals surface area (Å²) in [5.74, 6) is 0.818. The number of rotatable bonds is 3. The average Bonchev–Trinajstić information content (AvgIpc) is 2.37. The third-order valence-corrected chi connectivity index (χ3v) is 3.39. The van der Waals surface area contributed by atoms with Crippen LogP contribution >= 0.6 is 27.5 Å². The van der Waals surface area contributed by atoms with Gasteiger partial charge in [0, 0.05) is 9.50 Å². The molecule has 94 valence electrons. The van der Waals surface area contributed by atoms with E-state index in [0.29, 0.717) is 5.02 Å². The van der Waals surface area contributed by atoms with E-state index in [2.05, 4.69) is 15.9 Å². The fourth-order valence-corrected chi connectivity index (χ4v) is 2.64. The first kappa shape index (κ1) is 13.4. The summed E-state index contributed by atoms with van der Waals surface area (Å²) in [6, 6.07) is 13.2. The van der Waals surface area contributed by atoms with Crippen LogP contribution in [0.5, 0.6) is 5.75 Å². The zero-order valence-corrected chi connectivity index (χ0v) is 12.2. The second-order valence-electron chi connectivity index (χ2n) is 3.95. The molecule has 4 heteroatoms. The van der Waals surface area contributed by atoms with Gasteiger partial charge in [-0.05, 0) is 41.5 Å². The molecule has 0 bridgehead atoms. The molecule has 0 heterocycles. The molecular formula is C14H13BrClNO.